The molecule has 2 aromatic carbocycles. The van der Waals surface area contributed by atoms with Gasteiger partial charge in [0.05, 0.1) is 12.5 Å². The Morgan fingerprint density at radius 3 is 2.20 bits per heavy atom. The van der Waals surface area contributed by atoms with Gasteiger partial charge < -0.3 is 25.2 Å². The molecule has 35 heavy (non-hydrogen) atoms. The second-order valence-corrected chi connectivity index (χ2v) is 8.96. The Kier molecular flexibility index (Phi) is 8.87. The lowest BCUT2D eigenvalue weighted by molar-refractivity contribution is -0.141. The monoisotopic (exact) mass is 482 g/mol. The van der Waals surface area contributed by atoms with Crippen molar-refractivity contribution in [2.45, 2.75) is 44.6 Å². The molecule has 0 bridgehead atoms. The van der Waals surface area contributed by atoms with E-state index in [4.69, 9.17) is 14.6 Å². The van der Waals surface area contributed by atoms with Gasteiger partial charge in [0.15, 0.2) is 0 Å². The minimum Gasteiger partial charge on any atom is -0.481 e. The SMILES string of the molecule is CCC(COC)(NC(=O)OCC1c2ccccc2-c2ccccc21)C(=O)NCCCC(C)C(=O)O. The number of alkyl carbamates (subject to hydrolysis) is 1. The maximum absolute atomic E-state index is 13.0. The second kappa shape index (κ2) is 11.8. The highest BCUT2D eigenvalue weighted by Crippen LogP contribution is 2.44. The number of rotatable bonds is 12. The van der Waals surface area contributed by atoms with Gasteiger partial charge in [-0.1, -0.05) is 62.4 Å². The number of carbonyl (C=O) groups excluding carboxylic acids is 2. The fraction of sp³-hybridized carbons (Fsp3) is 0.444. The lowest BCUT2D eigenvalue weighted by Crippen LogP contribution is -2.61. The molecule has 3 rings (SSSR count). The van der Waals surface area contributed by atoms with Gasteiger partial charge in [0.2, 0.25) is 5.91 Å². The van der Waals surface area contributed by atoms with Gasteiger partial charge in [-0.2, -0.15) is 0 Å². The van der Waals surface area contributed by atoms with E-state index in [1.807, 2.05) is 36.4 Å². The number of carboxylic acid groups (broad SMARTS) is 1. The number of benzene rings is 2. The molecule has 0 fully saturated rings. The topological polar surface area (TPSA) is 114 Å². The predicted molar refractivity (Wildman–Crippen MR) is 132 cm³/mol. The first kappa shape index (κ1) is 26.2. The van der Waals surface area contributed by atoms with Crippen LogP contribution in [-0.2, 0) is 19.1 Å². The highest BCUT2D eigenvalue weighted by molar-refractivity contribution is 5.90. The van der Waals surface area contributed by atoms with Crippen molar-refractivity contribution in [1.82, 2.24) is 10.6 Å². The van der Waals surface area contributed by atoms with E-state index in [0.717, 1.165) is 22.3 Å². The van der Waals surface area contributed by atoms with Crippen LogP contribution in [0.3, 0.4) is 0 Å². The molecule has 1 aliphatic rings. The number of hydrogen-bond donors (Lipinski definition) is 3. The summed E-state index contributed by atoms with van der Waals surface area (Å²) in [5, 5.41) is 14.5. The number of fused-ring (bicyclic) bond motifs is 3. The average molecular weight is 483 g/mol. The van der Waals surface area contributed by atoms with Crippen LogP contribution in [0, 0.1) is 5.92 Å². The average Bonchev–Trinajstić information content (AvgIpc) is 3.18. The molecular formula is C27H34N2O6. The molecule has 1 aliphatic carbocycles. The van der Waals surface area contributed by atoms with E-state index in [1.165, 1.54) is 7.11 Å². The molecule has 2 amide bonds. The third-order valence-electron chi connectivity index (χ3n) is 6.63. The smallest absolute Gasteiger partial charge is 0.408 e. The maximum Gasteiger partial charge on any atom is 0.408 e. The first-order valence-corrected chi connectivity index (χ1v) is 12.0. The van der Waals surface area contributed by atoms with Crippen LogP contribution in [0.4, 0.5) is 4.79 Å². The Balaban J connectivity index is 1.62. The summed E-state index contributed by atoms with van der Waals surface area (Å²) in [6.07, 6.45) is 0.554. The van der Waals surface area contributed by atoms with Crippen LogP contribution >= 0.6 is 0 Å². The summed E-state index contributed by atoms with van der Waals surface area (Å²) in [6.45, 7) is 3.83. The van der Waals surface area contributed by atoms with Crippen molar-refractivity contribution in [2.24, 2.45) is 5.92 Å². The van der Waals surface area contributed by atoms with E-state index < -0.39 is 29.4 Å². The largest absolute Gasteiger partial charge is 0.481 e. The Morgan fingerprint density at radius 1 is 1.06 bits per heavy atom. The fourth-order valence-corrected chi connectivity index (χ4v) is 4.49. The van der Waals surface area contributed by atoms with Crippen LogP contribution < -0.4 is 10.6 Å². The van der Waals surface area contributed by atoms with E-state index >= 15 is 0 Å². The van der Waals surface area contributed by atoms with Gasteiger partial charge in [0.1, 0.15) is 12.1 Å². The Labute approximate surface area is 206 Å². The highest BCUT2D eigenvalue weighted by atomic mass is 16.5. The van der Waals surface area contributed by atoms with Crippen LogP contribution in [-0.4, -0.2) is 55.5 Å². The quantitative estimate of drug-likeness (QED) is 0.395. The van der Waals surface area contributed by atoms with E-state index in [-0.39, 0.29) is 19.1 Å². The van der Waals surface area contributed by atoms with Gasteiger partial charge in [-0.05, 0) is 41.5 Å². The van der Waals surface area contributed by atoms with Crippen molar-refractivity contribution >= 4 is 18.0 Å². The minimum absolute atomic E-state index is 0.0228. The lowest BCUT2D eigenvalue weighted by Gasteiger charge is -2.31. The van der Waals surface area contributed by atoms with Crippen molar-refractivity contribution in [3.05, 3.63) is 59.7 Å². The fourth-order valence-electron chi connectivity index (χ4n) is 4.49. The molecule has 0 saturated heterocycles. The number of ether oxygens (including phenoxy) is 2. The van der Waals surface area contributed by atoms with Crippen molar-refractivity contribution in [1.29, 1.82) is 0 Å². The minimum atomic E-state index is -1.30. The second-order valence-electron chi connectivity index (χ2n) is 8.96. The third kappa shape index (κ3) is 6.00. The van der Waals surface area contributed by atoms with Gasteiger partial charge in [0, 0.05) is 19.6 Å². The van der Waals surface area contributed by atoms with E-state index in [1.54, 1.807) is 13.8 Å². The first-order chi connectivity index (χ1) is 16.8. The molecule has 2 unspecified atom stereocenters. The number of carbonyl (C=O) groups is 3. The number of carboxylic acids is 1. The normalized spacial score (nSPS) is 14.8. The van der Waals surface area contributed by atoms with Crippen LogP contribution in [0.25, 0.3) is 11.1 Å². The predicted octanol–water partition coefficient (Wildman–Crippen LogP) is 3.94. The molecule has 8 nitrogen and oxygen atoms in total. The van der Waals surface area contributed by atoms with Crippen LogP contribution in [0.1, 0.15) is 50.2 Å². The summed E-state index contributed by atoms with van der Waals surface area (Å²) in [5.41, 5.74) is 3.18. The Morgan fingerprint density at radius 2 is 1.66 bits per heavy atom. The van der Waals surface area contributed by atoms with Crippen LogP contribution in [0.5, 0.6) is 0 Å². The van der Waals surface area contributed by atoms with Gasteiger partial charge >= 0.3 is 12.1 Å². The molecule has 188 valence electrons. The van der Waals surface area contributed by atoms with E-state index in [9.17, 15) is 14.4 Å². The zero-order chi connectivity index (χ0) is 25.4. The molecule has 0 saturated carbocycles. The van der Waals surface area contributed by atoms with Crippen molar-refractivity contribution in [3.8, 4) is 11.1 Å². The summed E-state index contributed by atoms with van der Waals surface area (Å²) < 4.78 is 10.9. The summed E-state index contributed by atoms with van der Waals surface area (Å²) in [6, 6.07) is 16.1. The zero-order valence-corrected chi connectivity index (χ0v) is 20.5. The van der Waals surface area contributed by atoms with Gasteiger partial charge in [0.25, 0.3) is 0 Å². The molecule has 0 radical (unpaired) electrons. The van der Waals surface area contributed by atoms with Crippen LogP contribution in [0.15, 0.2) is 48.5 Å². The van der Waals surface area contributed by atoms with Gasteiger partial charge in [-0.3, -0.25) is 9.59 Å². The standard InChI is InChI=1S/C27H34N2O6/c1-4-27(17-34-3,25(32)28-15-9-10-18(2)24(30)31)29-26(33)35-16-23-21-13-7-5-11-19(21)20-12-6-8-14-22(20)23/h5-8,11-14,18,23H,4,9-10,15-17H2,1-3H3,(H,28,32)(H,29,33)(H,30,31). The molecule has 2 atom stereocenters. The first-order valence-electron chi connectivity index (χ1n) is 12.0. The molecular weight excluding hydrogens is 448 g/mol. The summed E-state index contributed by atoms with van der Waals surface area (Å²) in [5.74, 6) is -1.83. The Bertz CT molecular complexity index is 1010. The van der Waals surface area contributed by atoms with Gasteiger partial charge in [-0.25, -0.2) is 4.79 Å². The van der Waals surface area contributed by atoms with Crippen molar-refractivity contribution in [3.63, 3.8) is 0 Å². The summed E-state index contributed by atoms with van der Waals surface area (Å²) in [7, 11) is 1.46. The Hall–Kier alpha value is -3.39. The van der Waals surface area contributed by atoms with Gasteiger partial charge in [-0.15, -0.1) is 0 Å². The number of amides is 2. The molecule has 0 aromatic heterocycles. The highest BCUT2D eigenvalue weighted by Gasteiger charge is 2.39. The number of methoxy groups -OCH3 is 1. The molecule has 0 aliphatic heterocycles. The number of aliphatic carboxylic acids is 1. The number of hydrogen-bond acceptors (Lipinski definition) is 5. The maximum atomic E-state index is 13.0. The van der Waals surface area contributed by atoms with Crippen LogP contribution in [0.2, 0.25) is 0 Å². The lowest BCUT2D eigenvalue weighted by atomic mass is 9.95. The molecule has 2 aromatic rings. The molecule has 0 heterocycles. The molecule has 8 heteroatoms. The van der Waals surface area contributed by atoms with E-state index in [2.05, 4.69) is 22.8 Å². The van der Waals surface area contributed by atoms with Crippen molar-refractivity contribution in [2.75, 3.05) is 26.9 Å². The summed E-state index contributed by atoms with van der Waals surface area (Å²) in [4.78, 5) is 36.8. The number of nitrogens with one attached hydrogen (secondary N) is 2. The third-order valence-corrected chi connectivity index (χ3v) is 6.63. The summed E-state index contributed by atoms with van der Waals surface area (Å²) >= 11 is 0. The molecule has 3 N–H and O–H groups in total. The molecule has 0 spiro atoms. The van der Waals surface area contributed by atoms with E-state index in [0.29, 0.717) is 25.8 Å². The van der Waals surface area contributed by atoms with Crippen molar-refractivity contribution < 1.29 is 29.0 Å². The zero-order valence-electron chi connectivity index (χ0n) is 20.5.